The third-order valence-electron chi connectivity index (χ3n) is 4.99. The monoisotopic (exact) mass is 431 g/mol. The lowest BCUT2D eigenvalue weighted by Crippen LogP contribution is -2.64. The van der Waals surface area contributed by atoms with Crippen LogP contribution in [0.4, 0.5) is 0 Å². The van der Waals surface area contributed by atoms with E-state index in [-0.39, 0.29) is 6.42 Å². The quantitative estimate of drug-likeness (QED) is 0.153. The maximum atomic E-state index is 10.4. The molecule has 2 rings (SSSR count). The van der Waals surface area contributed by atoms with Gasteiger partial charge in [-0.25, -0.2) is 0 Å². The van der Waals surface area contributed by atoms with Gasteiger partial charge in [0.15, 0.2) is 6.29 Å². The molecule has 1 saturated carbocycles. The van der Waals surface area contributed by atoms with E-state index in [0.717, 1.165) is 0 Å². The largest absolute Gasteiger partial charge is 0.394 e. The summed E-state index contributed by atoms with van der Waals surface area (Å²) in [5, 5.41) is 70.0. The summed E-state index contributed by atoms with van der Waals surface area (Å²) >= 11 is 0. The summed E-state index contributed by atoms with van der Waals surface area (Å²) < 4.78 is 10.9. The molecule has 0 aromatic carbocycles. The van der Waals surface area contributed by atoms with E-state index in [1.807, 2.05) is 0 Å². The second-order valence-electron chi connectivity index (χ2n) is 6.76. The summed E-state index contributed by atoms with van der Waals surface area (Å²) in [5.41, 5.74) is 26.1. The first kappa shape index (κ1) is 23.9. The van der Waals surface area contributed by atoms with E-state index >= 15 is 0 Å². The van der Waals surface area contributed by atoms with Crippen LogP contribution < -0.4 is 0 Å². The molecule has 1 saturated heterocycles. The highest BCUT2D eigenvalue weighted by molar-refractivity contribution is 5.02. The Hall–Kier alpha value is -2.39. The van der Waals surface area contributed by atoms with Crippen LogP contribution in [-0.2, 0) is 9.47 Å². The lowest BCUT2D eigenvalue weighted by Gasteiger charge is -2.46. The van der Waals surface area contributed by atoms with Crippen molar-refractivity contribution in [3.05, 3.63) is 31.3 Å². The Balaban J connectivity index is 2.34. The Bertz CT molecular complexity index is 740. The molecule has 17 heteroatoms. The molecule has 1 aliphatic carbocycles. The zero-order valence-corrected chi connectivity index (χ0v) is 15.3. The van der Waals surface area contributed by atoms with Gasteiger partial charge in [-0.15, -0.1) is 0 Å². The SMILES string of the molecule is [N-]=[N+]=NC1CC(N=[N+]=[N-])[C@@H](O[C@H]2OC([C@H](O)CO)[C@@H](O)C(O)C2N=[N+]=[N-])C(O)C1O. The van der Waals surface area contributed by atoms with Crippen LogP contribution >= 0.6 is 0 Å². The van der Waals surface area contributed by atoms with Crippen LogP contribution in [0, 0.1) is 0 Å². The fourth-order valence-corrected chi connectivity index (χ4v) is 3.45. The molecule has 11 atom stereocenters. The summed E-state index contributed by atoms with van der Waals surface area (Å²) in [6.45, 7) is -0.840. The lowest BCUT2D eigenvalue weighted by atomic mass is 9.84. The molecule has 1 aliphatic heterocycles. The molecule has 0 amide bonds. The number of aliphatic hydroxyl groups is 6. The summed E-state index contributed by atoms with van der Waals surface area (Å²) in [4.78, 5) is 7.72. The van der Waals surface area contributed by atoms with Gasteiger partial charge in [0.25, 0.3) is 0 Å². The highest BCUT2D eigenvalue weighted by Gasteiger charge is 2.51. The van der Waals surface area contributed by atoms with Gasteiger partial charge < -0.3 is 40.1 Å². The maximum absolute atomic E-state index is 10.4. The van der Waals surface area contributed by atoms with Crippen LogP contribution in [0.1, 0.15) is 6.42 Å². The summed E-state index contributed by atoms with van der Waals surface area (Å²) in [5.74, 6) is 0. The molecule has 2 aliphatic rings. The van der Waals surface area contributed by atoms with Crippen molar-refractivity contribution < 1.29 is 40.1 Å². The first-order valence-corrected chi connectivity index (χ1v) is 8.75. The van der Waals surface area contributed by atoms with Crippen molar-refractivity contribution in [2.75, 3.05) is 6.61 Å². The Labute approximate surface area is 168 Å². The fraction of sp³-hybridized carbons (Fsp3) is 1.00. The summed E-state index contributed by atoms with van der Waals surface area (Å²) in [7, 11) is 0. The normalized spacial score (nSPS) is 42.2. The molecule has 0 aromatic heterocycles. The topological polar surface area (TPSA) is 286 Å². The average Bonchev–Trinajstić information content (AvgIpc) is 2.73. The van der Waals surface area contributed by atoms with Gasteiger partial charge in [-0.05, 0) is 23.0 Å². The van der Waals surface area contributed by atoms with E-state index < -0.39 is 73.8 Å². The molecule has 0 radical (unpaired) electrons. The van der Waals surface area contributed by atoms with Gasteiger partial charge >= 0.3 is 0 Å². The van der Waals surface area contributed by atoms with Gasteiger partial charge in [0.1, 0.15) is 30.5 Å². The third kappa shape index (κ3) is 4.84. The predicted octanol–water partition coefficient (Wildman–Crippen LogP) is -1.67. The minimum absolute atomic E-state index is 0.205. The summed E-state index contributed by atoms with van der Waals surface area (Å²) in [6.07, 6.45) is -13.4. The Morgan fingerprint density at radius 1 is 0.900 bits per heavy atom. The van der Waals surface area contributed by atoms with Crippen LogP contribution in [0.15, 0.2) is 15.3 Å². The lowest BCUT2D eigenvalue weighted by molar-refractivity contribution is -0.303. The Kier molecular flexibility index (Phi) is 8.43. The van der Waals surface area contributed by atoms with E-state index in [4.69, 9.17) is 31.2 Å². The van der Waals surface area contributed by atoms with E-state index in [0.29, 0.717) is 0 Å². The van der Waals surface area contributed by atoms with Gasteiger partial charge in [-0.2, -0.15) is 0 Å². The van der Waals surface area contributed by atoms with E-state index in [9.17, 15) is 25.5 Å². The minimum atomic E-state index is -1.79. The number of hydrogen-bond acceptors (Lipinski definition) is 11. The van der Waals surface area contributed by atoms with Gasteiger partial charge in [0.05, 0.1) is 37.0 Å². The van der Waals surface area contributed by atoms with Crippen molar-refractivity contribution in [1.82, 2.24) is 0 Å². The van der Waals surface area contributed by atoms with Crippen molar-refractivity contribution >= 4 is 0 Å². The highest BCUT2D eigenvalue weighted by Crippen LogP contribution is 2.33. The number of nitrogens with zero attached hydrogens (tertiary/aromatic N) is 9. The van der Waals surface area contributed by atoms with E-state index in [2.05, 4.69) is 30.1 Å². The van der Waals surface area contributed by atoms with Crippen molar-refractivity contribution in [1.29, 1.82) is 0 Å². The smallest absolute Gasteiger partial charge is 0.169 e. The van der Waals surface area contributed by atoms with E-state index in [1.54, 1.807) is 0 Å². The first-order valence-electron chi connectivity index (χ1n) is 8.75. The first-order chi connectivity index (χ1) is 14.3. The zero-order chi connectivity index (χ0) is 22.4. The molecule has 30 heavy (non-hydrogen) atoms. The standard InChI is InChI=1S/C13H21N9O8/c14-20-17-3-1-4(18-21-15)11(9(27)7(3)25)29-13-6(19-22-16)8(26)10(28)12(30-13)5(24)2-23/h3-13,23-28H,1-2H2/t3?,4?,5-,6?,7?,8?,9?,10+,11-,12?,13+/m1/s1. The number of azide groups is 3. The summed E-state index contributed by atoms with van der Waals surface area (Å²) in [6, 6.07) is -3.85. The zero-order valence-electron chi connectivity index (χ0n) is 15.3. The second kappa shape index (κ2) is 10.6. The van der Waals surface area contributed by atoms with Crippen LogP contribution in [0.3, 0.4) is 0 Å². The third-order valence-corrected chi connectivity index (χ3v) is 4.99. The van der Waals surface area contributed by atoms with Gasteiger partial charge in [-0.3, -0.25) is 0 Å². The highest BCUT2D eigenvalue weighted by atomic mass is 16.7. The fourth-order valence-electron chi connectivity index (χ4n) is 3.45. The van der Waals surface area contributed by atoms with E-state index in [1.165, 1.54) is 0 Å². The number of hydrogen-bond donors (Lipinski definition) is 6. The molecule has 0 aromatic rings. The average molecular weight is 431 g/mol. The molecule has 166 valence electrons. The maximum Gasteiger partial charge on any atom is 0.169 e. The number of ether oxygens (including phenoxy) is 2. The molecule has 2 fully saturated rings. The minimum Gasteiger partial charge on any atom is -0.394 e. The van der Waals surface area contributed by atoms with Crippen LogP contribution in [0.5, 0.6) is 0 Å². The van der Waals surface area contributed by atoms with Gasteiger partial charge in [-0.1, -0.05) is 15.3 Å². The van der Waals surface area contributed by atoms with Gasteiger partial charge in [0, 0.05) is 14.7 Å². The Morgan fingerprint density at radius 3 is 2.07 bits per heavy atom. The van der Waals surface area contributed by atoms with Crippen molar-refractivity contribution in [3.63, 3.8) is 0 Å². The Morgan fingerprint density at radius 2 is 1.50 bits per heavy atom. The molecular weight excluding hydrogens is 410 g/mol. The molecule has 7 unspecified atom stereocenters. The molecule has 1 heterocycles. The van der Waals surface area contributed by atoms with Crippen LogP contribution in [0.25, 0.3) is 31.3 Å². The van der Waals surface area contributed by atoms with Crippen LogP contribution in [0.2, 0.25) is 0 Å². The molecule has 6 N–H and O–H groups in total. The molecule has 0 bridgehead atoms. The molecular formula is C13H21N9O8. The second-order valence-corrected chi connectivity index (χ2v) is 6.76. The molecule has 0 spiro atoms. The number of aliphatic hydroxyl groups excluding tert-OH is 6. The number of rotatable bonds is 7. The van der Waals surface area contributed by atoms with Crippen LogP contribution in [-0.4, -0.2) is 104 Å². The van der Waals surface area contributed by atoms with Crippen molar-refractivity contribution in [3.8, 4) is 0 Å². The van der Waals surface area contributed by atoms with Crippen molar-refractivity contribution in [2.45, 2.75) is 73.6 Å². The predicted molar refractivity (Wildman–Crippen MR) is 94.1 cm³/mol. The van der Waals surface area contributed by atoms with Gasteiger partial charge in [0.2, 0.25) is 0 Å². The molecule has 17 nitrogen and oxygen atoms in total. The van der Waals surface area contributed by atoms with Crippen molar-refractivity contribution in [2.24, 2.45) is 15.3 Å².